The second kappa shape index (κ2) is 7.82. The Morgan fingerprint density at radius 1 is 1.30 bits per heavy atom. The Balaban J connectivity index is 1.34. The molecule has 4 nitrogen and oxygen atoms in total. The van der Waals surface area contributed by atoms with Crippen LogP contribution in [-0.4, -0.2) is 37.1 Å². The highest BCUT2D eigenvalue weighted by atomic mass is 16.2. The van der Waals surface area contributed by atoms with Crippen LogP contribution in [0.2, 0.25) is 0 Å². The van der Waals surface area contributed by atoms with Gasteiger partial charge in [-0.3, -0.25) is 0 Å². The topological polar surface area (TPSA) is 44.4 Å². The highest BCUT2D eigenvalue weighted by Crippen LogP contribution is 2.30. The maximum Gasteiger partial charge on any atom is 0.315 e. The lowest BCUT2D eigenvalue weighted by molar-refractivity contribution is 0.181. The number of urea groups is 1. The van der Waals surface area contributed by atoms with Crippen LogP contribution in [0, 0.1) is 5.92 Å². The average molecular weight is 315 g/mol. The van der Waals surface area contributed by atoms with Crippen LogP contribution >= 0.6 is 0 Å². The van der Waals surface area contributed by atoms with Gasteiger partial charge in [0.25, 0.3) is 0 Å². The summed E-state index contributed by atoms with van der Waals surface area (Å²) in [7, 11) is 0. The number of piperidine rings is 1. The molecular formula is C19H29N3O. The predicted molar refractivity (Wildman–Crippen MR) is 93.5 cm³/mol. The largest absolute Gasteiger partial charge is 0.338 e. The van der Waals surface area contributed by atoms with Crippen LogP contribution in [0.4, 0.5) is 4.79 Å². The molecule has 1 aromatic carbocycles. The summed E-state index contributed by atoms with van der Waals surface area (Å²) in [6.45, 7) is 6.61. The van der Waals surface area contributed by atoms with E-state index in [4.69, 9.17) is 0 Å². The molecule has 0 aromatic heterocycles. The maximum atomic E-state index is 12.1. The highest BCUT2D eigenvalue weighted by Gasteiger charge is 2.23. The smallest absolute Gasteiger partial charge is 0.315 e. The van der Waals surface area contributed by atoms with Gasteiger partial charge < -0.3 is 15.5 Å². The quantitative estimate of drug-likeness (QED) is 0.820. The number of hydrogen-bond acceptors (Lipinski definition) is 2. The fourth-order valence-corrected chi connectivity index (χ4v) is 3.91. The fourth-order valence-electron chi connectivity index (χ4n) is 3.91. The summed E-state index contributed by atoms with van der Waals surface area (Å²) >= 11 is 0. The van der Waals surface area contributed by atoms with Crippen molar-refractivity contribution in [3.63, 3.8) is 0 Å². The number of nitrogens with one attached hydrogen (secondary N) is 2. The van der Waals surface area contributed by atoms with Gasteiger partial charge in [0.1, 0.15) is 0 Å². The third-order valence-electron chi connectivity index (χ3n) is 5.12. The lowest BCUT2D eigenvalue weighted by Gasteiger charge is -2.30. The number of rotatable bonds is 5. The summed E-state index contributed by atoms with van der Waals surface area (Å²) in [6.07, 6.45) is 5.78. The first-order valence-corrected chi connectivity index (χ1v) is 9.07. The van der Waals surface area contributed by atoms with Crippen molar-refractivity contribution in [2.45, 2.75) is 45.1 Å². The summed E-state index contributed by atoms with van der Waals surface area (Å²) in [5.74, 6) is 0.822. The zero-order chi connectivity index (χ0) is 16.1. The first-order valence-electron chi connectivity index (χ1n) is 9.07. The van der Waals surface area contributed by atoms with E-state index in [-0.39, 0.29) is 12.1 Å². The summed E-state index contributed by atoms with van der Waals surface area (Å²) in [6, 6.07) is 8.56. The molecule has 0 bridgehead atoms. The molecule has 2 aliphatic rings. The Hall–Kier alpha value is -1.55. The van der Waals surface area contributed by atoms with Gasteiger partial charge in [-0.2, -0.15) is 0 Å². The molecule has 1 fully saturated rings. The molecule has 0 saturated carbocycles. The molecule has 2 atom stereocenters. The van der Waals surface area contributed by atoms with Crippen molar-refractivity contribution in [2.24, 2.45) is 5.92 Å². The van der Waals surface area contributed by atoms with E-state index in [0.717, 1.165) is 38.3 Å². The summed E-state index contributed by atoms with van der Waals surface area (Å²) in [4.78, 5) is 14.6. The van der Waals surface area contributed by atoms with E-state index in [0.29, 0.717) is 0 Å². The van der Waals surface area contributed by atoms with Crippen molar-refractivity contribution in [1.82, 2.24) is 15.5 Å². The van der Waals surface area contributed by atoms with Crippen LogP contribution in [0.5, 0.6) is 0 Å². The molecule has 1 aliphatic heterocycles. The molecule has 1 heterocycles. The Morgan fingerprint density at radius 3 is 3.04 bits per heavy atom. The third-order valence-corrected chi connectivity index (χ3v) is 5.12. The number of benzene rings is 1. The molecule has 0 unspecified atom stereocenters. The molecule has 1 aliphatic carbocycles. The van der Waals surface area contributed by atoms with Crippen molar-refractivity contribution in [1.29, 1.82) is 0 Å². The number of hydrogen-bond donors (Lipinski definition) is 2. The molecular weight excluding hydrogens is 286 g/mol. The fraction of sp³-hybridized carbons (Fsp3) is 0.632. The van der Waals surface area contributed by atoms with Crippen molar-refractivity contribution in [2.75, 3.05) is 26.2 Å². The number of aryl methyl sites for hydroxylation is 1. The van der Waals surface area contributed by atoms with Gasteiger partial charge in [0.15, 0.2) is 0 Å². The van der Waals surface area contributed by atoms with Gasteiger partial charge in [-0.25, -0.2) is 4.79 Å². The summed E-state index contributed by atoms with van der Waals surface area (Å²) in [5, 5.41) is 6.13. The van der Waals surface area contributed by atoms with Gasteiger partial charge in [-0.05, 0) is 62.2 Å². The van der Waals surface area contributed by atoms with Crippen LogP contribution in [-0.2, 0) is 6.42 Å². The monoisotopic (exact) mass is 315 g/mol. The Morgan fingerprint density at radius 2 is 2.17 bits per heavy atom. The SMILES string of the molecule is C[C@@H]1CCCN(CCCNC(=O)N[C@H]2CCc3ccccc32)C1. The number of amides is 2. The zero-order valence-corrected chi connectivity index (χ0v) is 14.2. The van der Waals surface area contributed by atoms with Gasteiger partial charge in [0.05, 0.1) is 6.04 Å². The number of nitrogens with zero attached hydrogens (tertiary/aromatic N) is 1. The van der Waals surface area contributed by atoms with E-state index in [9.17, 15) is 4.79 Å². The lowest BCUT2D eigenvalue weighted by atomic mass is 10.0. The molecule has 0 spiro atoms. The van der Waals surface area contributed by atoms with E-state index >= 15 is 0 Å². The summed E-state index contributed by atoms with van der Waals surface area (Å²) < 4.78 is 0. The zero-order valence-electron chi connectivity index (χ0n) is 14.2. The van der Waals surface area contributed by atoms with Crippen molar-refractivity contribution < 1.29 is 4.79 Å². The summed E-state index contributed by atoms with van der Waals surface area (Å²) in [5.41, 5.74) is 2.65. The molecule has 1 saturated heterocycles. The van der Waals surface area contributed by atoms with E-state index < -0.39 is 0 Å². The van der Waals surface area contributed by atoms with Gasteiger partial charge in [0.2, 0.25) is 0 Å². The first-order chi connectivity index (χ1) is 11.2. The standard InChI is InChI=1S/C19H29N3O/c1-15-6-4-12-22(14-15)13-5-11-20-19(23)21-18-10-9-16-7-2-3-8-17(16)18/h2-3,7-8,15,18H,4-6,9-14H2,1H3,(H2,20,21,23)/t15-,18+/m1/s1. The van der Waals surface area contributed by atoms with Gasteiger partial charge in [-0.1, -0.05) is 31.2 Å². The van der Waals surface area contributed by atoms with Crippen LogP contribution in [0.3, 0.4) is 0 Å². The first kappa shape index (κ1) is 16.3. The Kier molecular flexibility index (Phi) is 5.55. The van der Waals surface area contributed by atoms with E-state index in [1.165, 1.54) is 37.1 Å². The molecule has 2 amide bonds. The molecule has 3 rings (SSSR count). The number of fused-ring (bicyclic) bond motifs is 1. The average Bonchev–Trinajstić information content (AvgIpc) is 2.95. The van der Waals surface area contributed by atoms with Crippen LogP contribution < -0.4 is 10.6 Å². The van der Waals surface area contributed by atoms with Crippen LogP contribution in [0.25, 0.3) is 0 Å². The van der Waals surface area contributed by atoms with Crippen LogP contribution in [0.15, 0.2) is 24.3 Å². The second-order valence-corrected chi connectivity index (χ2v) is 7.09. The molecule has 126 valence electrons. The second-order valence-electron chi connectivity index (χ2n) is 7.09. The number of carbonyl (C=O) groups excluding carboxylic acids is 1. The van der Waals surface area contributed by atoms with E-state index in [2.05, 4.69) is 46.7 Å². The lowest BCUT2D eigenvalue weighted by Crippen LogP contribution is -2.40. The minimum atomic E-state index is -0.0290. The normalized spacial score (nSPS) is 24.2. The molecule has 23 heavy (non-hydrogen) atoms. The van der Waals surface area contributed by atoms with Crippen molar-refractivity contribution in [3.05, 3.63) is 35.4 Å². The van der Waals surface area contributed by atoms with Crippen LogP contribution in [0.1, 0.15) is 49.8 Å². The maximum absolute atomic E-state index is 12.1. The minimum Gasteiger partial charge on any atom is -0.338 e. The molecule has 0 radical (unpaired) electrons. The van der Waals surface area contributed by atoms with Gasteiger partial charge >= 0.3 is 6.03 Å². The number of carbonyl (C=O) groups is 1. The van der Waals surface area contributed by atoms with E-state index in [1.807, 2.05) is 0 Å². The Labute approximate surface area is 139 Å². The van der Waals surface area contributed by atoms with Crippen molar-refractivity contribution >= 4 is 6.03 Å². The predicted octanol–water partition coefficient (Wildman–Crippen LogP) is 3.10. The Bertz CT molecular complexity index is 531. The molecule has 4 heteroatoms. The highest BCUT2D eigenvalue weighted by molar-refractivity contribution is 5.74. The minimum absolute atomic E-state index is 0.0290. The number of likely N-dealkylation sites (tertiary alicyclic amines) is 1. The third kappa shape index (κ3) is 4.47. The van der Waals surface area contributed by atoms with E-state index in [1.54, 1.807) is 0 Å². The van der Waals surface area contributed by atoms with Crippen molar-refractivity contribution in [3.8, 4) is 0 Å². The molecule has 2 N–H and O–H groups in total. The van der Waals surface area contributed by atoms with Gasteiger partial charge in [0, 0.05) is 13.1 Å². The van der Waals surface area contributed by atoms with Gasteiger partial charge in [-0.15, -0.1) is 0 Å². The molecule has 1 aromatic rings.